The van der Waals surface area contributed by atoms with Crippen molar-refractivity contribution in [3.05, 3.63) is 96.7 Å². The highest BCUT2D eigenvalue weighted by molar-refractivity contribution is 7.15. The third-order valence-electron chi connectivity index (χ3n) is 6.80. The molecule has 5 aromatic rings. The second-order valence-corrected chi connectivity index (χ2v) is 11.8. The first kappa shape index (κ1) is 27.8. The van der Waals surface area contributed by atoms with Crippen molar-refractivity contribution >= 4 is 39.8 Å². The summed E-state index contributed by atoms with van der Waals surface area (Å²) in [6.07, 6.45) is 1.67. The molecule has 0 spiro atoms. The van der Waals surface area contributed by atoms with Crippen molar-refractivity contribution in [3.63, 3.8) is 0 Å². The average molecular weight is 575 g/mol. The Labute approximate surface area is 241 Å². The maximum atomic E-state index is 13.3. The molecule has 0 saturated carbocycles. The van der Waals surface area contributed by atoms with Crippen LogP contribution in [0, 0.1) is 6.92 Å². The Bertz CT molecular complexity index is 1860. The molecule has 0 aliphatic rings. The normalized spacial score (nSPS) is 12.3. The van der Waals surface area contributed by atoms with Crippen molar-refractivity contribution in [2.24, 2.45) is 14.1 Å². The predicted octanol–water partition coefficient (Wildman–Crippen LogP) is 5.62. The molecular weight excluding hydrogens is 544 g/mol. The van der Waals surface area contributed by atoms with Gasteiger partial charge >= 0.3 is 0 Å². The number of pyridine rings is 2. The number of benzene rings is 1. The summed E-state index contributed by atoms with van der Waals surface area (Å²) in [7, 11) is 7.47. The van der Waals surface area contributed by atoms with E-state index in [1.807, 2.05) is 39.2 Å². The molecule has 4 heterocycles. The van der Waals surface area contributed by atoms with E-state index in [0.717, 1.165) is 21.8 Å². The number of hydrogen-bond acceptors (Lipinski definition) is 7. The highest BCUT2D eigenvalue weighted by atomic mass is 35.5. The van der Waals surface area contributed by atoms with Crippen molar-refractivity contribution in [1.29, 1.82) is 0 Å². The van der Waals surface area contributed by atoms with Crippen LogP contribution in [-0.2, 0) is 20.6 Å². The van der Waals surface area contributed by atoms with E-state index < -0.39 is 0 Å². The molecule has 0 radical (unpaired) electrons. The number of aryl methyl sites for hydroxylation is 3. The average Bonchev–Trinajstić information content (AvgIpc) is 3.38. The molecule has 0 bridgehead atoms. The molecule has 0 amide bonds. The van der Waals surface area contributed by atoms with Crippen molar-refractivity contribution in [2.45, 2.75) is 26.4 Å². The lowest BCUT2D eigenvalue weighted by Crippen LogP contribution is -2.22. The van der Waals surface area contributed by atoms with Gasteiger partial charge in [0.05, 0.1) is 11.4 Å². The topological polar surface area (TPSA) is 85.0 Å². The molecule has 1 aromatic carbocycles. The Morgan fingerprint density at radius 1 is 1.02 bits per heavy atom. The lowest BCUT2D eigenvalue weighted by molar-refractivity contribution is 0.403. The van der Waals surface area contributed by atoms with Crippen LogP contribution in [-0.4, -0.2) is 38.1 Å². The van der Waals surface area contributed by atoms with Gasteiger partial charge in [0, 0.05) is 58.8 Å². The molecule has 206 valence electrons. The van der Waals surface area contributed by atoms with Crippen molar-refractivity contribution in [3.8, 4) is 21.6 Å². The summed E-state index contributed by atoms with van der Waals surface area (Å²) in [4.78, 5) is 38.9. The zero-order chi connectivity index (χ0) is 28.7. The smallest absolute Gasteiger partial charge is 0.259 e. The first-order chi connectivity index (χ1) is 19.0. The van der Waals surface area contributed by atoms with E-state index in [9.17, 15) is 9.59 Å². The quantitative estimate of drug-likeness (QED) is 0.272. The Hall–Kier alpha value is -3.79. The molecule has 4 aromatic heterocycles. The number of fused-ring (bicyclic) bond motifs is 1. The van der Waals surface area contributed by atoms with Crippen molar-refractivity contribution in [2.75, 3.05) is 19.4 Å². The fourth-order valence-electron chi connectivity index (χ4n) is 4.79. The first-order valence-corrected chi connectivity index (χ1v) is 14.1. The number of rotatable bonds is 7. The molecule has 5 rings (SSSR count). The summed E-state index contributed by atoms with van der Waals surface area (Å²) in [6.45, 7) is 4.70. The van der Waals surface area contributed by atoms with Crippen molar-refractivity contribution in [1.82, 2.24) is 24.0 Å². The minimum absolute atomic E-state index is 0.0564. The van der Waals surface area contributed by atoms with E-state index in [4.69, 9.17) is 16.6 Å². The second kappa shape index (κ2) is 11.0. The second-order valence-electron chi connectivity index (χ2n) is 10.3. The van der Waals surface area contributed by atoms with E-state index in [1.54, 1.807) is 37.7 Å². The lowest BCUT2D eigenvalue weighted by atomic mass is 10.1. The molecule has 40 heavy (non-hydrogen) atoms. The van der Waals surface area contributed by atoms with Crippen LogP contribution in [0.15, 0.2) is 64.3 Å². The van der Waals surface area contributed by atoms with Crippen LogP contribution < -0.4 is 16.4 Å². The number of nitrogens with zero attached hydrogens (tertiary/aromatic N) is 5. The van der Waals surface area contributed by atoms with Crippen LogP contribution in [0.2, 0.25) is 5.02 Å². The number of nitrogens with one attached hydrogen (secondary N) is 1. The highest BCUT2D eigenvalue weighted by Crippen LogP contribution is 2.36. The van der Waals surface area contributed by atoms with E-state index in [1.165, 1.54) is 31.2 Å². The van der Waals surface area contributed by atoms with E-state index in [2.05, 4.69) is 40.3 Å². The van der Waals surface area contributed by atoms with Crippen LogP contribution >= 0.6 is 22.9 Å². The molecule has 0 fully saturated rings. The van der Waals surface area contributed by atoms with Gasteiger partial charge in [-0.1, -0.05) is 17.7 Å². The van der Waals surface area contributed by atoms with Gasteiger partial charge in [-0.05, 0) is 75.5 Å². The Morgan fingerprint density at radius 3 is 2.52 bits per heavy atom. The largest absolute Gasteiger partial charge is 0.362 e. The van der Waals surface area contributed by atoms with Crippen LogP contribution in [0.3, 0.4) is 0 Å². The number of halogens is 1. The molecular formula is C30H31ClN6O2S. The number of thiophene rings is 1. The van der Waals surface area contributed by atoms with Gasteiger partial charge in [-0.25, -0.2) is 9.97 Å². The Balaban J connectivity index is 1.54. The van der Waals surface area contributed by atoms with E-state index in [0.29, 0.717) is 28.4 Å². The third-order valence-corrected chi connectivity index (χ3v) is 8.34. The fourth-order valence-corrected chi connectivity index (χ4v) is 6.05. The summed E-state index contributed by atoms with van der Waals surface area (Å²) in [5.41, 5.74) is 3.69. The monoisotopic (exact) mass is 574 g/mol. The Morgan fingerprint density at radius 2 is 1.80 bits per heavy atom. The fraction of sp³-hybridized carbons (Fsp3) is 0.267. The van der Waals surface area contributed by atoms with Gasteiger partial charge in [-0.2, -0.15) is 0 Å². The summed E-state index contributed by atoms with van der Waals surface area (Å²) in [5, 5.41) is 5.02. The van der Waals surface area contributed by atoms with Gasteiger partial charge in [0.15, 0.2) is 0 Å². The molecule has 0 saturated heterocycles. The summed E-state index contributed by atoms with van der Waals surface area (Å²) in [6, 6.07) is 15.2. The maximum Gasteiger partial charge on any atom is 0.259 e. The summed E-state index contributed by atoms with van der Waals surface area (Å²) in [5.74, 6) is 1.21. The number of hydrogen-bond donors (Lipinski definition) is 1. The van der Waals surface area contributed by atoms with E-state index in [-0.39, 0.29) is 17.2 Å². The summed E-state index contributed by atoms with van der Waals surface area (Å²) < 4.78 is 3.00. The SMILES string of the molecule is Cc1nc(N[C@H](C)c2ccc(-c3ccc(Cl)cc3CN(C)C)s2)c2cc(-c3ccc(=O)n(C)c3)c(=O)n(C)c2n1. The van der Waals surface area contributed by atoms with Crippen LogP contribution in [0.5, 0.6) is 0 Å². The molecule has 0 aliphatic heterocycles. The van der Waals surface area contributed by atoms with E-state index >= 15 is 0 Å². The lowest BCUT2D eigenvalue weighted by Gasteiger charge is -2.17. The predicted molar refractivity (Wildman–Crippen MR) is 164 cm³/mol. The standard InChI is InChI=1S/C30H31ClN6O2S/c1-17(25-10-11-26(40-25)22-9-8-21(31)13-20(22)15-35(3)4)32-28-24-14-23(19-7-12-27(38)36(5)16-19)30(39)37(6)29(24)34-18(2)33-28/h7-14,16-17H,15H2,1-6H3,(H,32,33,34)/t17-/m1/s1. The van der Waals surface area contributed by atoms with Gasteiger partial charge in [-0.3, -0.25) is 14.2 Å². The molecule has 1 N–H and O–H groups in total. The third kappa shape index (κ3) is 5.45. The van der Waals surface area contributed by atoms with Crippen LogP contribution in [0.25, 0.3) is 32.6 Å². The molecule has 1 atom stereocenters. The van der Waals surface area contributed by atoms with Gasteiger partial charge in [0.25, 0.3) is 5.56 Å². The summed E-state index contributed by atoms with van der Waals surface area (Å²) >= 11 is 8.03. The van der Waals surface area contributed by atoms with Crippen molar-refractivity contribution < 1.29 is 0 Å². The van der Waals surface area contributed by atoms with Gasteiger partial charge < -0.3 is 14.8 Å². The first-order valence-electron chi connectivity index (χ1n) is 12.9. The van der Waals surface area contributed by atoms with Gasteiger partial charge in [-0.15, -0.1) is 11.3 Å². The van der Waals surface area contributed by atoms with Gasteiger partial charge in [0.2, 0.25) is 5.56 Å². The molecule has 10 heteroatoms. The Kier molecular flexibility index (Phi) is 7.63. The van der Waals surface area contributed by atoms with Crippen LogP contribution in [0.4, 0.5) is 5.82 Å². The maximum absolute atomic E-state index is 13.3. The zero-order valence-corrected chi connectivity index (χ0v) is 24.9. The number of anilines is 1. The number of aromatic nitrogens is 4. The van der Waals surface area contributed by atoms with Gasteiger partial charge in [0.1, 0.15) is 17.3 Å². The molecule has 0 aliphatic carbocycles. The molecule has 8 nitrogen and oxygen atoms in total. The van der Waals surface area contributed by atoms with Crippen LogP contribution in [0.1, 0.15) is 29.2 Å². The zero-order valence-electron chi connectivity index (χ0n) is 23.3. The minimum Gasteiger partial charge on any atom is -0.362 e. The minimum atomic E-state index is -0.192. The molecule has 0 unspecified atom stereocenters. The highest BCUT2D eigenvalue weighted by Gasteiger charge is 2.18.